The molecule has 0 bridgehead atoms. The second kappa shape index (κ2) is 7.35. The molecular formula is C14H14BrNO2S. The van der Waals surface area contributed by atoms with Gasteiger partial charge in [0, 0.05) is 15.9 Å². The van der Waals surface area contributed by atoms with Gasteiger partial charge >= 0.3 is 0 Å². The summed E-state index contributed by atoms with van der Waals surface area (Å²) in [5, 5.41) is 0. The Bertz CT molecular complexity index is 621. The minimum Gasteiger partial charge on any atom is -0.207 e. The second-order valence-corrected chi connectivity index (χ2v) is 6.12. The fourth-order valence-corrected chi connectivity index (χ4v) is 2.74. The van der Waals surface area contributed by atoms with E-state index in [0.29, 0.717) is 0 Å². The van der Waals surface area contributed by atoms with E-state index in [1.165, 1.54) is 4.31 Å². The molecule has 0 unspecified atom stereocenters. The van der Waals surface area contributed by atoms with Crippen molar-refractivity contribution in [3.8, 4) is 22.6 Å². The molecule has 1 aromatic carbocycles. The van der Waals surface area contributed by atoms with Gasteiger partial charge in [-0.15, -0.1) is 5.92 Å². The van der Waals surface area contributed by atoms with Gasteiger partial charge in [-0.3, -0.25) is 0 Å². The van der Waals surface area contributed by atoms with E-state index >= 15 is 0 Å². The van der Waals surface area contributed by atoms with Gasteiger partial charge < -0.3 is 0 Å². The van der Waals surface area contributed by atoms with E-state index in [-0.39, 0.29) is 18.0 Å². The third-order valence-corrected chi connectivity index (χ3v) is 4.50. The summed E-state index contributed by atoms with van der Waals surface area (Å²) in [6.45, 7) is 3.82. The van der Waals surface area contributed by atoms with E-state index in [1.54, 1.807) is 31.2 Å². The largest absolute Gasteiger partial charge is 0.244 e. The fourth-order valence-electron chi connectivity index (χ4n) is 1.37. The average Bonchev–Trinajstić information content (AvgIpc) is 2.39. The van der Waals surface area contributed by atoms with Gasteiger partial charge in [0.15, 0.2) is 0 Å². The molecule has 0 saturated carbocycles. The first kappa shape index (κ1) is 15.8. The summed E-state index contributed by atoms with van der Waals surface area (Å²) in [4.78, 5) is 2.77. The number of aryl methyl sites for hydroxylation is 1. The van der Waals surface area contributed by atoms with Gasteiger partial charge in [-0.1, -0.05) is 29.5 Å². The molecule has 0 aliphatic heterocycles. The van der Waals surface area contributed by atoms with Crippen LogP contribution in [0.25, 0.3) is 0 Å². The van der Waals surface area contributed by atoms with Gasteiger partial charge in [-0.05, 0) is 30.8 Å². The summed E-state index contributed by atoms with van der Waals surface area (Å²) in [5.74, 6) is 8.14. The number of halogens is 1. The Hall–Kier alpha value is -1.27. The summed E-state index contributed by atoms with van der Waals surface area (Å²) >= 11 is 2.96. The van der Waals surface area contributed by atoms with Crippen LogP contribution >= 0.6 is 15.9 Å². The topological polar surface area (TPSA) is 37.4 Å². The van der Waals surface area contributed by atoms with Gasteiger partial charge in [0.2, 0.25) is 10.0 Å². The molecule has 0 N–H and O–H groups in total. The van der Waals surface area contributed by atoms with Crippen molar-refractivity contribution in [2.24, 2.45) is 0 Å². The highest BCUT2D eigenvalue weighted by Crippen LogP contribution is 2.15. The Labute approximate surface area is 123 Å². The SMILES string of the molecule is CC#CCN(CC#CBr)S(=O)(=O)c1ccc(C)cc1. The predicted molar refractivity (Wildman–Crippen MR) is 80.1 cm³/mol. The van der Waals surface area contributed by atoms with Crippen molar-refractivity contribution in [3.05, 3.63) is 29.8 Å². The zero-order chi connectivity index (χ0) is 14.3. The lowest BCUT2D eigenvalue weighted by Crippen LogP contribution is -2.32. The van der Waals surface area contributed by atoms with Crippen molar-refractivity contribution in [2.45, 2.75) is 18.7 Å². The molecule has 1 aromatic rings. The van der Waals surface area contributed by atoms with Crippen molar-refractivity contribution >= 4 is 26.0 Å². The standard InChI is InChI=1S/C14H14BrNO2S/c1-3-4-11-16(12-5-10-15)19(17,18)14-8-6-13(2)7-9-14/h6-9H,11-12H2,1-2H3. The first-order valence-electron chi connectivity index (χ1n) is 5.57. The van der Waals surface area contributed by atoms with Gasteiger partial charge in [0.25, 0.3) is 0 Å². The molecule has 1 rings (SSSR count). The summed E-state index contributed by atoms with van der Waals surface area (Å²) < 4.78 is 26.1. The van der Waals surface area contributed by atoms with E-state index in [0.717, 1.165) is 5.56 Å². The molecule has 0 amide bonds. The number of nitrogens with zero attached hydrogens (tertiary/aromatic N) is 1. The normalized spacial score (nSPS) is 10.3. The number of hydrogen-bond acceptors (Lipinski definition) is 2. The van der Waals surface area contributed by atoms with E-state index in [2.05, 4.69) is 38.5 Å². The summed E-state index contributed by atoms with van der Waals surface area (Å²) in [6, 6.07) is 6.73. The maximum Gasteiger partial charge on any atom is 0.244 e. The summed E-state index contributed by atoms with van der Waals surface area (Å²) in [5.41, 5.74) is 1.01. The predicted octanol–water partition coefficient (Wildman–Crippen LogP) is 2.36. The monoisotopic (exact) mass is 339 g/mol. The molecule has 0 aliphatic rings. The molecule has 0 atom stereocenters. The van der Waals surface area contributed by atoms with E-state index in [1.807, 2.05) is 6.92 Å². The Morgan fingerprint density at radius 2 is 1.74 bits per heavy atom. The maximum absolute atomic E-state index is 12.4. The molecule has 19 heavy (non-hydrogen) atoms. The molecular weight excluding hydrogens is 326 g/mol. The van der Waals surface area contributed by atoms with E-state index in [9.17, 15) is 8.42 Å². The van der Waals surface area contributed by atoms with Crippen LogP contribution in [0.1, 0.15) is 12.5 Å². The highest BCUT2D eigenvalue weighted by molar-refractivity contribution is 9.12. The maximum atomic E-state index is 12.4. The molecule has 3 nitrogen and oxygen atoms in total. The number of rotatable bonds is 4. The van der Waals surface area contributed by atoms with Crippen LogP contribution < -0.4 is 0 Å². The Kier molecular flexibility index (Phi) is 6.11. The number of hydrogen-bond donors (Lipinski definition) is 0. The zero-order valence-electron chi connectivity index (χ0n) is 10.8. The minimum absolute atomic E-state index is 0.107. The molecule has 0 fully saturated rings. The third kappa shape index (κ3) is 4.40. The third-order valence-electron chi connectivity index (χ3n) is 2.41. The van der Waals surface area contributed by atoms with Gasteiger partial charge in [0.1, 0.15) is 0 Å². The first-order chi connectivity index (χ1) is 9.02. The van der Waals surface area contributed by atoms with Crippen LogP contribution in [0.15, 0.2) is 29.2 Å². The van der Waals surface area contributed by atoms with Gasteiger partial charge in [-0.2, -0.15) is 4.31 Å². The Morgan fingerprint density at radius 1 is 1.16 bits per heavy atom. The molecule has 0 aliphatic carbocycles. The van der Waals surface area contributed by atoms with Crippen molar-refractivity contribution in [1.82, 2.24) is 4.31 Å². The molecule has 0 spiro atoms. The molecule has 0 heterocycles. The molecule has 0 aromatic heterocycles. The summed E-state index contributed by atoms with van der Waals surface area (Å²) in [7, 11) is -3.55. The van der Waals surface area contributed by atoms with E-state index < -0.39 is 10.0 Å². The van der Waals surface area contributed by atoms with Crippen LogP contribution in [0.4, 0.5) is 0 Å². The second-order valence-electron chi connectivity index (χ2n) is 3.78. The molecule has 100 valence electrons. The highest BCUT2D eigenvalue weighted by Gasteiger charge is 2.22. The van der Waals surface area contributed by atoms with Crippen LogP contribution in [0.2, 0.25) is 0 Å². The van der Waals surface area contributed by atoms with Crippen LogP contribution in [0, 0.1) is 29.5 Å². The van der Waals surface area contributed by atoms with Crippen LogP contribution in [0.5, 0.6) is 0 Å². The zero-order valence-corrected chi connectivity index (χ0v) is 13.2. The Morgan fingerprint density at radius 3 is 2.26 bits per heavy atom. The van der Waals surface area contributed by atoms with Crippen LogP contribution in [-0.2, 0) is 10.0 Å². The van der Waals surface area contributed by atoms with Crippen molar-refractivity contribution in [1.29, 1.82) is 0 Å². The fraction of sp³-hybridized carbons (Fsp3) is 0.286. The van der Waals surface area contributed by atoms with Crippen molar-refractivity contribution < 1.29 is 8.42 Å². The highest BCUT2D eigenvalue weighted by atomic mass is 79.9. The summed E-state index contributed by atoms with van der Waals surface area (Å²) in [6.07, 6.45) is 0. The Balaban J connectivity index is 3.11. The molecule has 0 radical (unpaired) electrons. The van der Waals surface area contributed by atoms with Crippen LogP contribution in [-0.4, -0.2) is 25.8 Å². The first-order valence-corrected chi connectivity index (χ1v) is 7.80. The lowest BCUT2D eigenvalue weighted by molar-refractivity contribution is 0.482. The number of sulfonamides is 1. The quantitative estimate of drug-likeness (QED) is 0.789. The average molecular weight is 340 g/mol. The minimum atomic E-state index is -3.55. The van der Waals surface area contributed by atoms with Gasteiger partial charge in [0.05, 0.1) is 18.0 Å². The van der Waals surface area contributed by atoms with Crippen molar-refractivity contribution in [2.75, 3.05) is 13.1 Å². The smallest absolute Gasteiger partial charge is 0.207 e. The van der Waals surface area contributed by atoms with Crippen molar-refractivity contribution in [3.63, 3.8) is 0 Å². The lowest BCUT2D eigenvalue weighted by Gasteiger charge is -2.17. The number of benzene rings is 1. The van der Waals surface area contributed by atoms with E-state index in [4.69, 9.17) is 0 Å². The molecule has 0 saturated heterocycles. The molecule has 5 heteroatoms. The lowest BCUT2D eigenvalue weighted by atomic mass is 10.2. The van der Waals surface area contributed by atoms with Crippen LogP contribution in [0.3, 0.4) is 0 Å². The van der Waals surface area contributed by atoms with Gasteiger partial charge in [-0.25, -0.2) is 8.42 Å².